The van der Waals surface area contributed by atoms with E-state index in [2.05, 4.69) is 15.2 Å². The molecule has 2 aliphatic heterocycles. The van der Waals surface area contributed by atoms with Crippen LogP contribution in [0.25, 0.3) is 10.9 Å². The van der Waals surface area contributed by atoms with E-state index >= 15 is 0 Å². The van der Waals surface area contributed by atoms with Crippen molar-refractivity contribution in [2.24, 2.45) is 0 Å². The fourth-order valence-corrected chi connectivity index (χ4v) is 5.05. The lowest BCUT2D eigenvalue weighted by atomic mass is 10.1. The van der Waals surface area contributed by atoms with Crippen molar-refractivity contribution in [1.82, 2.24) is 19.8 Å². The summed E-state index contributed by atoms with van der Waals surface area (Å²) in [6.07, 6.45) is 8.49. The van der Waals surface area contributed by atoms with E-state index < -0.39 is 0 Å². The molecule has 2 aromatic rings. The van der Waals surface area contributed by atoms with Gasteiger partial charge >= 0.3 is 6.03 Å². The lowest BCUT2D eigenvalue weighted by molar-refractivity contribution is 0.108. The van der Waals surface area contributed by atoms with E-state index in [4.69, 9.17) is 4.74 Å². The molecular weight excluding hydrogens is 394 g/mol. The number of anilines is 1. The highest BCUT2D eigenvalue weighted by molar-refractivity contribution is 5.81. The number of carbonyl (C=O) groups excluding carboxylic acids is 1. The molecule has 0 bridgehead atoms. The van der Waals surface area contributed by atoms with Crippen molar-refractivity contribution < 1.29 is 9.53 Å². The average Bonchev–Trinajstić information content (AvgIpc) is 3.52. The number of carbonyl (C=O) groups is 1. The van der Waals surface area contributed by atoms with Gasteiger partial charge in [0.25, 0.3) is 5.56 Å². The third-order valence-electron chi connectivity index (χ3n) is 6.92. The Morgan fingerprint density at radius 2 is 1.90 bits per heavy atom. The Morgan fingerprint density at radius 1 is 1.10 bits per heavy atom. The van der Waals surface area contributed by atoms with Crippen LogP contribution in [-0.2, 0) is 4.74 Å². The second-order valence-corrected chi connectivity index (χ2v) is 8.89. The van der Waals surface area contributed by atoms with Gasteiger partial charge in [0, 0.05) is 51.1 Å². The molecule has 1 aliphatic carbocycles. The van der Waals surface area contributed by atoms with Gasteiger partial charge in [0.2, 0.25) is 0 Å². The third-order valence-corrected chi connectivity index (χ3v) is 6.92. The Bertz CT molecular complexity index is 986. The molecule has 3 aliphatic rings. The summed E-state index contributed by atoms with van der Waals surface area (Å²) in [5, 5.41) is 3.69. The van der Waals surface area contributed by atoms with Crippen molar-refractivity contribution in [3.05, 3.63) is 34.9 Å². The molecule has 0 spiro atoms. The van der Waals surface area contributed by atoms with Gasteiger partial charge in [0.15, 0.2) is 0 Å². The molecule has 1 saturated carbocycles. The number of rotatable bonds is 4. The van der Waals surface area contributed by atoms with E-state index in [0.717, 1.165) is 56.6 Å². The Balaban J connectivity index is 1.21. The first-order valence-corrected chi connectivity index (χ1v) is 11.6. The lowest BCUT2D eigenvalue weighted by Crippen LogP contribution is -2.52. The number of hydrogen-bond donors (Lipinski definition) is 1. The van der Waals surface area contributed by atoms with Crippen molar-refractivity contribution >= 4 is 22.6 Å². The minimum atomic E-state index is -0.0113. The minimum absolute atomic E-state index is 0.0113. The highest BCUT2D eigenvalue weighted by atomic mass is 16.5. The standard InChI is InChI=1S/C23H31N5O3/c29-22-20-8-7-18(14-21(20)25-16-28(22)17-4-1-2-5-17)26-9-11-27(12-10-26)23(30)24-15-19-6-3-13-31-19/h7-8,14,16-17,19H,1-6,9-13,15H2,(H,24,30). The van der Waals surface area contributed by atoms with Crippen LogP contribution >= 0.6 is 0 Å². The smallest absolute Gasteiger partial charge is 0.317 e. The molecular formula is C23H31N5O3. The van der Waals surface area contributed by atoms with Crippen LogP contribution in [0.3, 0.4) is 0 Å². The maximum absolute atomic E-state index is 12.9. The minimum Gasteiger partial charge on any atom is -0.376 e. The predicted octanol–water partition coefficient (Wildman–Crippen LogP) is 2.52. The molecule has 31 heavy (non-hydrogen) atoms. The zero-order chi connectivity index (χ0) is 21.2. The number of amides is 2. The molecule has 1 unspecified atom stereocenters. The highest BCUT2D eigenvalue weighted by Crippen LogP contribution is 2.28. The Kier molecular flexibility index (Phi) is 5.80. The molecule has 166 valence electrons. The molecule has 8 nitrogen and oxygen atoms in total. The van der Waals surface area contributed by atoms with Gasteiger partial charge in [-0.05, 0) is 43.9 Å². The topological polar surface area (TPSA) is 79.7 Å². The van der Waals surface area contributed by atoms with Gasteiger partial charge in [-0.1, -0.05) is 12.8 Å². The Hall–Kier alpha value is -2.61. The van der Waals surface area contributed by atoms with Gasteiger partial charge in [-0.25, -0.2) is 9.78 Å². The van der Waals surface area contributed by atoms with Gasteiger partial charge in [0.1, 0.15) is 0 Å². The monoisotopic (exact) mass is 425 g/mol. The van der Waals surface area contributed by atoms with Gasteiger partial charge in [0.05, 0.1) is 23.3 Å². The molecule has 1 N–H and O–H groups in total. The number of aromatic nitrogens is 2. The van der Waals surface area contributed by atoms with Crippen molar-refractivity contribution in [3.63, 3.8) is 0 Å². The number of urea groups is 1. The first-order valence-electron chi connectivity index (χ1n) is 11.6. The van der Waals surface area contributed by atoms with E-state index in [0.29, 0.717) is 31.1 Å². The summed E-state index contributed by atoms with van der Waals surface area (Å²) in [4.78, 5) is 34.1. The van der Waals surface area contributed by atoms with E-state index in [1.54, 1.807) is 6.33 Å². The molecule has 5 rings (SSSR count). The summed E-state index contributed by atoms with van der Waals surface area (Å²) < 4.78 is 7.40. The number of nitrogens with one attached hydrogen (secondary N) is 1. The summed E-state index contributed by atoms with van der Waals surface area (Å²) in [7, 11) is 0. The van der Waals surface area contributed by atoms with E-state index in [1.807, 2.05) is 27.7 Å². The van der Waals surface area contributed by atoms with E-state index in [1.165, 1.54) is 12.8 Å². The van der Waals surface area contributed by atoms with Crippen LogP contribution in [0, 0.1) is 0 Å². The Morgan fingerprint density at radius 3 is 2.65 bits per heavy atom. The van der Waals surface area contributed by atoms with Crippen molar-refractivity contribution in [2.45, 2.75) is 50.7 Å². The van der Waals surface area contributed by atoms with Crippen LogP contribution in [0.5, 0.6) is 0 Å². The van der Waals surface area contributed by atoms with Crippen LogP contribution in [0.4, 0.5) is 10.5 Å². The van der Waals surface area contributed by atoms with Crippen LogP contribution in [0.1, 0.15) is 44.6 Å². The molecule has 0 radical (unpaired) electrons. The molecule has 1 aromatic carbocycles. The molecule has 1 atom stereocenters. The van der Waals surface area contributed by atoms with Crippen LogP contribution < -0.4 is 15.8 Å². The van der Waals surface area contributed by atoms with Gasteiger partial charge in [-0.15, -0.1) is 0 Å². The van der Waals surface area contributed by atoms with Gasteiger partial charge < -0.3 is 19.9 Å². The quantitative estimate of drug-likeness (QED) is 0.814. The Labute approximate surface area is 182 Å². The van der Waals surface area contributed by atoms with E-state index in [-0.39, 0.29) is 17.7 Å². The number of fused-ring (bicyclic) bond motifs is 1. The average molecular weight is 426 g/mol. The second kappa shape index (κ2) is 8.86. The normalized spacial score (nSPS) is 22.4. The molecule has 8 heteroatoms. The summed E-state index contributed by atoms with van der Waals surface area (Å²) in [5.41, 5.74) is 1.86. The number of hydrogen-bond acceptors (Lipinski definition) is 5. The van der Waals surface area contributed by atoms with Crippen LogP contribution in [-0.4, -0.2) is 65.9 Å². The fourth-order valence-electron chi connectivity index (χ4n) is 5.05. The van der Waals surface area contributed by atoms with Crippen LogP contribution in [0.15, 0.2) is 29.3 Å². The fraction of sp³-hybridized carbons (Fsp3) is 0.609. The largest absolute Gasteiger partial charge is 0.376 e. The van der Waals surface area contributed by atoms with Crippen LogP contribution in [0.2, 0.25) is 0 Å². The summed E-state index contributed by atoms with van der Waals surface area (Å²) in [6, 6.07) is 6.21. The predicted molar refractivity (Wildman–Crippen MR) is 120 cm³/mol. The number of piperazine rings is 1. The first-order chi connectivity index (χ1) is 15.2. The molecule has 1 aromatic heterocycles. The number of nitrogens with zero attached hydrogens (tertiary/aromatic N) is 4. The second-order valence-electron chi connectivity index (χ2n) is 8.89. The number of benzene rings is 1. The molecule has 3 fully saturated rings. The van der Waals surface area contributed by atoms with Crippen molar-refractivity contribution in [2.75, 3.05) is 44.2 Å². The van der Waals surface area contributed by atoms with Gasteiger partial charge in [-0.2, -0.15) is 0 Å². The molecule has 3 heterocycles. The summed E-state index contributed by atoms with van der Waals surface area (Å²) in [5.74, 6) is 0. The van der Waals surface area contributed by atoms with Crippen molar-refractivity contribution in [3.8, 4) is 0 Å². The summed E-state index contributed by atoms with van der Waals surface area (Å²) >= 11 is 0. The zero-order valence-corrected chi connectivity index (χ0v) is 18.0. The van der Waals surface area contributed by atoms with Gasteiger partial charge in [-0.3, -0.25) is 9.36 Å². The third kappa shape index (κ3) is 4.26. The SMILES string of the molecule is O=C(NCC1CCCO1)N1CCN(c2ccc3c(=O)n(C4CCCC4)cnc3c2)CC1. The van der Waals surface area contributed by atoms with Crippen molar-refractivity contribution in [1.29, 1.82) is 0 Å². The zero-order valence-electron chi connectivity index (χ0n) is 18.0. The maximum atomic E-state index is 12.9. The molecule has 2 saturated heterocycles. The summed E-state index contributed by atoms with van der Waals surface area (Å²) in [6.45, 7) is 4.26. The van der Waals surface area contributed by atoms with E-state index in [9.17, 15) is 9.59 Å². The first kappa shape index (κ1) is 20.3. The lowest BCUT2D eigenvalue weighted by Gasteiger charge is -2.36. The maximum Gasteiger partial charge on any atom is 0.317 e. The number of ether oxygens (including phenoxy) is 1. The highest BCUT2D eigenvalue weighted by Gasteiger charge is 2.24. The molecule has 2 amide bonds.